The van der Waals surface area contributed by atoms with Crippen LogP contribution in [0.3, 0.4) is 0 Å². The number of aliphatic imine (C=N–C) groups is 1. The molecule has 5 rings (SSSR count). The second kappa shape index (κ2) is 15.2. The summed E-state index contributed by atoms with van der Waals surface area (Å²) in [5, 5.41) is 4.98. The van der Waals surface area contributed by atoms with Crippen molar-refractivity contribution in [2.75, 3.05) is 12.3 Å². The number of rotatable bonds is 10. The monoisotopic (exact) mass is 699 g/mol. The third-order valence-electron chi connectivity index (χ3n) is 7.08. The van der Waals surface area contributed by atoms with Crippen molar-refractivity contribution >= 4 is 28.5 Å². The number of ether oxygens (including phenoxy) is 1. The van der Waals surface area contributed by atoms with Crippen molar-refractivity contribution in [2.24, 2.45) is 9.98 Å². The first-order chi connectivity index (χ1) is 23.0. The van der Waals surface area contributed by atoms with Gasteiger partial charge in [0, 0.05) is 18.7 Å². The van der Waals surface area contributed by atoms with Crippen LogP contribution in [0.2, 0.25) is 0 Å². The maximum absolute atomic E-state index is 14.4. The van der Waals surface area contributed by atoms with Crippen LogP contribution in [-0.4, -0.2) is 47.1 Å². The summed E-state index contributed by atoms with van der Waals surface area (Å²) in [6, 6.07) is 17.5. The third-order valence-corrected chi connectivity index (χ3v) is 8.92. The Kier molecular flexibility index (Phi) is 11.0. The van der Waals surface area contributed by atoms with Gasteiger partial charge in [-0.15, -0.1) is 18.3 Å². The first-order valence-corrected chi connectivity index (χ1v) is 16.9. The standard InChI is InChI=1S/C33H33F4N7O2S2/c1-5-43-32(45)44(28-19-24(34)11-16-27(28)21(3)4)31(48-43)40-30(47-6-2)38-18-17-22-7-9-23(10-8-22)29-39-20-42(41-29)25-12-14-26(15-13-25)46-33(35,36)37/h7-16,19-21H,5-6,17-18H2,1-4H3/b38-30?,40-31-. The Morgan fingerprint density at radius 2 is 1.77 bits per heavy atom. The van der Waals surface area contributed by atoms with Gasteiger partial charge >= 0.3 is 12.1 Å². The van der Waals surface area contributed by atoms with E-state index in [9.17, 15) is 22.4 Å². The Morgan fingerprint density at radius 1 is 1.04 bits per heavy atom. The number of aryl methyl sites for hydroxylation is 1. The highest BCUT2D eigenvalue weighted by atomic mass is 32.2. The van der Waals surface area contributed by atoms with Crippen LogP contribution in [0, 0.1) is 5.82 Å². The lowest BCUT2D eigenvalue weighted by Gasteiger charge is -2.13. The topological polar surface area (TPSA) is 91.6 Å². The van der Waals surface area contributed by atoms with Gasteiger partial charge in [-0.2, -0.15) is 4.99 Å². The maximum Gasteiger partial charge on any atom is 0.573 e. The maximum atomic E-state index is 14.4. The van der Waals surface area contributed by atoms with Crippen molar-refractivity contribution in [2.45, 2.75) is 52.9 Å². The minimum atomic E-state index is -4.76. The molecule has 3 aromatic carbocycles. The van der Waals surface area contributed by atoms with E-state index in [1.807, 2.05) is 52.0 Å². The van der Waals surface area contributed by atoms with Gasteiger partial charge in [0.15, 0.2) is 11.0 Å². The molecule has 5 aromatic rings. The SMILES string of the molecule is CCSC(=NCCc1ccc(-c2ncn(-c3ccc(OC(F)(F)F)cc3)n2)cc1)/N=c1\sn(CC)c(=O)n1-c1cc(F)ccc1C(C)C. The fraction of sp³-hybridized carbons (Fsp3) is 0.303. The fourth-order valence-corrected chi connectivity index (χ4v) is 6.31. The average Bonchev–Trinajstić information content (AvgIpc) is 3.65. The lowest BCUT2D eigenvalue weighted by molar-refractivity contribution is -0.274. The lowest BCUT2D eigenvalue weighted by Crippen LogP contribution is -2.29. The van der Waals surface area contributed by atoms with Gasteiger partial charge < -0.3 is 4.74 Å². The molecule has 0 spiro atoms. The molecule has 0 amide bonds. The average molecular weight is 700 g/mol. The predicted octanol–water partition coefficient (Wildman–Crippen LogP) is 7.38. The molecule has 15 heteroatoms. The molecule has 2 aromatic heterocycles. The van der Waals surface area contributed by atoms with Gasteiger partial charge in [0.25, 0.3) is 0 Å². The zero-order valence-electron chi connectivity index (χ0n) is 26.6. The number of nitrogens with zero attached hydrogens (tertiary/aromatic N) is 7. The molecule has 0 bridgehead atoms. The molecule has 252 valence electrons. The number of halogens is 4. The summed E-state index contributed by atoms with van der Waals surface area (Å²) in [6.45, 7) is 8.78. The Labute approximate surface area is 282 Å². The number of alkyl halides is 3. The van der Waals surface area contributed by atoms with Gasteiger partial charge in [-0.25, -0.2) is 27.4 Å². The molecular formula is C33H33F4N7O2S2. The smallest absolute Gasteiger partial charge is 0.406 e. The van der Waals surface area contributed by atoms with Crippen LogP contribution in [0.5, 0.6) is 5.75 Å². The molecule has 0 saturated carbocycles. The zero-order chi connectivity index (χ0) is 34.4. The summed E-state index contributed by atoms with van der Waals surface area (Å²) in [5.74, 6) is 0.500. The normalized spacial score (nSPS) is 12.7. The summed E-state index contributed by atoms with van der Waals surface area (Å²) in [6.07, 6.45) is -2.64. The van der Waals surface area contributed by atoms with Gasteiger partial charge in [0.05, 0.1) is 11.4 Å². The molecule has 0 atom stereocenters. The van der Waals surface area contributed by atoms with Gasteiger partial charge in [-0.3, -0.25) is 4.99 Å². The zero-order valence-corrected chi connectivity index (χ0v) is 28.2. The van der Waals surface area contributed by atoms with Crippen LogP contribution in [0.4, 0.5) is 17.6 Å². The highest BCUT2D eigenvalue weighted by Crippen LogP contribution is 2.25. The van der Waals surface area contributed by atoms with Crippen molar-refractivity contribution in [3.63, 3.8) is 0 Å². The Balaban J connectivity index is 1.32. The highest BCUT2D eigenvalue weighted by Gasteiger charge is 2.31. The van der Waals surface area contributed by atoms with Crippen LogP contribution in [0.25, 0.3) is 22.8 Å². The molecule has 0 fully saturated rings. The highest BCUT2D eigenvalue weighted by molar-refractivity contribution is 8.13. The van der Waals surface area contributed by atoms with Crippen molar-refractivity contribution in [3.8, 4) is 28.5 Å². The van der Waals surface area contributed by atoms with Crippen LogP contribution >= 0.6 is 23.3 Å². The van der Waals surface area contributed by atoms with E-state index < -0.39 is 12.2 Å². The molecule has 9 nitrogen and oxygen atoms in total. The minimum Gasteiger partial charge on any atom is -0.406 e. The van der Waals surface area contributed by atoms with Gasteiger partial charge in [-0.1, -0.05) is 62.9 Å². The number of thioether (sulfide) groups is 1. The summed E-state index contributed by atoms with van der Waals surface area (Å²) in [5.41, 5.74) is 3.38. The quantitative estimate of drug-likeness (QED) is 0.0862. The number of hydrogen-bond acceptors (Lipinski definition) is 7. The summed E-state index contributed by atoms with van der Waals surface area (Å²) in [4.78, 5) is 27.7. The van der Waals surface area contributed by atoms with Crippen molar-refractivity contribution in [1.82, 2.24) is 23.3 Å². The lowest BCUT2D eigenvalue weighted by atomic mass is 10.0. The van der Waals surface area contributed by atoms with E-state index in [2.05, 4.69) is 14.8 Å². The van der Waals surface area contributed by atoms with E-state index >= 15 is 0 Å². The number of benzene rings is 3. The summed E-state index contributed by atoms with van der Waals surface area (Å²) >= 11 is 2.68. The second-order valence-corrected chi connectivity index (χ2v) is 13.0. The first kappa shape index (κ1) is 34.8. The molecule has 48 heavy (non-hydrogen) atoms. The van der Waals surface area contributed by atoms with E-state index in [-0.39, 0.29) is 17.4 Å². The number of amidine groups is 1. The van der Waals surface area contributed by atoms with Crippen molar-refractivity contribution in [3.05, 3.63) is 105 Å². The third kappa shape index (κ3) is 8.50. The van der Waals surface area contributed by atoms with Crippen molar-refractivity contribution < 1.29 is 22.3 Å². The van der Waals surface area contributed by atoms with Crippen LogP contribution in [0.15, 0.2) is 87.8 Å². The molecule has 0 saturated heterocycles. The molecular weight excluding hydrogens is 667 g/mol. The number of hydrogen-bond donors (Lipinski definition) is 0. The van der Waals surface area contributed by atoms with E-state index in [0.29, 0.717) is 46.7 Å². The van der Waals surface area contributed by atoms with Gasteiger partial charge in [0.2, 0.25) is 4.80 Å². The molecule has 0 aliphatic carbocycles. The predicted molar refractivity (Wildman–Crippen MR) is 181 cm³/mol. The van der Waals surface area contributed by atoms with Crippen LogP contribution < -0.4 is 15.2 Å². The van der Waals surface area contributed by atoms with Crippen LogP contribution in [0.1, 0.15) is 44.7 Å². The first-order valence-electron chi connectivity index (χ1n) is 15.2. The summed E-state index contributed by atoms with van der Waals surface area (Å²) in [7, 11) is 0. The summed E-state index contributed by atoms with van der Waals surface area (Å²) < 4.78 is 60.2. The molecule has 0 radical (unpaired) electrons. The Hall–Kier alpha value is -4.50. The Bertz CT molecular complexity index is 2010. The van der Waals surface area contributed by atoms with E-state index in [1.165, 1.54) is 75.3 Å². The van der Waals surface area contributed by atoms with Crippen LogP contribution in [-0.2, 0) is 13.0 Å². The van der Waals surface area contributed by atoms with Crippen molar-refractivity contribution in [1.29, 1.82) is 0 Å². The molecule has 0 unspecified atom stereocenters. The van der Waals surface area contributed by atoms with E-state index in [0.717, 1.165) is 22.4 Å². The second-order valence-electron chi connectivity index (χ2n) is 10.8. The molecule has 0 aliphatic heterocycles. The molecule has 0 aliphatic rings. The minimum absolute atomic E-state index is 0.0638. The van der Waals surface area contributed by atoms with E-state index in [4.69, 9.17) is 9.98 Å². The largest absolute Gasteiger partial charge is 0.573 e. The molecule has 2 heterocycles. The number of aromatic nitrogens is 5. The Morgan fingerprint density at radius 3 is 2.42 bits per heavy atom. The fourth-order valence-electron chi connectivity index (χ4n) is 4.79. The van der Waals surface area contributed by atoms with Gasteiger partial charge in [-0.05, 0) is 84.1 Å². The van der Waals surface area contributed by atoms with Gasteiger partial charge in [0.1, 0.15) is 17.9 Å². The molecule has 0 N–H and O–H groups in total. The van der Waals surface area contributed by atoms with E-state index in [1.54, 1.807) is 10.0 Å².